The average Bonchev–Trinajstić information content (AvgIpc) is 3.18. The smallest absolute Gasteiger partial charge is 0.253 e. The average molecular weight is 400 g/mol. The van der Waals surface area contributed by atoms with Crippen LogP contribution in [-0.2, 0) is 6.54 Å². The summed E-state index contributed by atoms with van der Waals surface area (Å²) >= 11 is 0. The number of amides is 1. The third-order valence-electron chi connectivity index (χ3n) is 5.22. The first-order valence-electron chi connectivity index (χ1n) is 9.73. The van der Waals surface area contributed by atoms with Crippen molar-refractivity contribution in [3.8, 4) is 0 Å². The summed E-state index contributed by atoms with van der Waals surface area (Å²) in [5, 5.41) is 4.01. The molecule has 0 unspecified atom stereocenters. The van der Waals surface area contributed by atoms with Crippen molar-refractivity contribution in [3.63, 3.8) is 0 Å². The fourth-order valence-electron chi connectivity index (χ4n) is 3.58. The van der Waals surface area contributed by atoms with Gasteiger partial charge >= 0.3 is 0 Å². The lowest BCUT2D eigenvalue weighted by Crippen LogP contribution is -2.27. The van der Waals surface area contributed by atoms with E-state index in [1.54, 1.807) is 30.3 Å². The van der Waals surface area contributed by atoms with Crippen LogP contribution in [0.1, 0.15) is 44.8 Å². The van der Waals surface area contributed by atoms with Crippen molar-refractivity contribution in [3.05, 3.63) is 107 Å². The van der Waals surface area contributed by atoms with Crippen LogP contribution in [0.15, 0.2) is 79.0 Å². The van der Waals surface area contributed by atoms with E-state index in [0.29, 0.717) is 17.7 Å². The second kappa shape index (κ2) is 8.33. The van der Waals surface area contributed by atoms with E-state index in [9.17, 15) is 14.0 Å². The predicted octanol–water partition coefficient (Wildman–Crippen LogP) is 5.13. The summed E-state index contributed by atoms with van der Waals surface area (Å²) in [5.74, 6) is -0.446. The van der Waals surface area contributed by atoms with Crippen LogP contribution in [0.4, 0.5) is 4.39 Å². The Morgan fingerprint density at radius 2 is 1.77 bits per heavy atom. The molecule has 150 valence electrons. The molecule has 3 aromatic carbocycles. The molecule has 0 bridgehead atoms. The maximum absolute atomic E-state index is 13.2. The van der Waals surface area contributed by atoms with Gasteiger partial charge in [0.05, 0.1) is 17.1 Å². The highest BCUT2D eigenvalue weighted by atomic mass is 19.1. The lowest BCUT2D eigenvalue weighted by atomic mass is 10.1. The number of carbonyl (C=O) groups excluding carboxylic acids is 2. The van der Waals surface area contributed by atoms with Gasteiger partial charge in [-0.1, -0.05) is 48.5 Å². The molecular weight excluding hydrogens is 379 g/mol. The van der Waals surface area contributed by atoms with Crippen molar-refractivity contribution < 1.29 is 14.0 Å². The number of carbonyl (C=O) groups is 2. The summed E-state index contributed by atoms with van der Waals surface area (Å²) in [6.45, 7) is 2.45. The SMILES string of the molecule is C[C@H](NC(=O)c1cccc2ccn(Cc3ccc(F)cc3)c12)c1ccc(C=O)cc1. The molecule has 1 atom stereocenters. The highest BCUT2D eigenvalue weighted by Gasteiger charge is 2.16. The van der Waals surface area contributed by atoms with Crippen molar-refractivity contribution in [2.24, 2.45) is 0 Å². The molecule has 1 heterocycles. The van der Waals surface area contributed by atoms with Gasteiger partial charge in [0.2, 0.25) is 0 Å². The molecule has 4 nitrogen and oxygen atoms in total. The topological polar surface area (TPSA) is 51.1 Å². The first-order chi connectivity index (χ1) is 14.5. The Hall–Kier alpha value is -3.73. The molecule has 0 fully saturated rings. The molecule has 0 radical (unpaired) electrons. The van der Waals surface area contributed by atoms with Gasteiger partial charge in [-0.3, -0.25) is 9.59 Å². The number of nitrogens with zero attached hydrogens (tertiary/aromatic N) is 1. The molecule has 30 heavy (non-hydrogen) atoms. The van der Waals surface area contributed by atoms with Gasteiger partial charge in [0, 0.05) is 23.7 Å². The molecule has 0 saturated carbocycles. The number of hydrogen-bond acceptors (Lipinski definition) is 2. The second-order valence-electron chi connectivity index (χ2n) is 7.29. The van der Waals surface area contributed by atoms with Crippen LogP contribution >= 0.6 is 0 Å². The molecule has 0 aliphatic heterocycles. The number of hydrogen-bond donors (Lipinski definition) is 1. The minimum absolute atomic E-state index is 0.174. The van der Waals surface area contributed by atoms with E-state index in [1.807, 2.05) is 48.0 Å². The standard InChI is InChI=1S/C25H21FN2O2/c1-17(20-9-5-19(16-29)6-10-20)27-25(30)23-4-2-3-21-13-14-28(24(21)23)15-18-7-11-22(26)12-8-18/h2-14,16-17H,15H2,1H3,(H,27,30)/t17-/m0/s1. The van der Waals surface area contributed by atoms with E-state index in [-0.39, 0.29) is 17.8 Å². The summed E-state index contributed by atoms with van der Waals surface area (Å²) < 4.78 is 15.2. The molecule has 5 heteroatoms. The Kier molecular flexibility index (Phi) is 5.44. The van der Waals surface area contributed by atoms with Gasteiger partial charge in [-0.15, -0.1) is 0 Å². The first kappa shape index (κ1) is 19.6. The van der Waals surface area contributed by atoms with Crippen LogP contribution in [-0.4, -0.2) is 16.8 Å². The molecule has 0 aliphatic carbocycles. The molecule has 4 aromatic rings. The number of benzene rings is 3. The molecule has 1 aromatic heterocycles. The third kappa shape index (κ3) is 4.01. The molecule has 4 rings (SSSR count). The van der Waals surface area contributed by atoms with E-state index in [1.165, 1.54) is 12.1 Å². The van der Waals surface area contributed by atoms with Gasteiger partial charge in [-0.05, 0) is 42.3 Å². The molecule has 1 N–H and O–H groups in total. The van der Waals surface area contributed by atoms with Crippen molar-refractivity contribution in [2.75, 3.05) is 0 Å². The number of nitrogens with one attached hydrogen (secondary N) is 1. The summed E-state index contributed by atoms with van der Waals surface area (Å²) in [6, 6.07) is 20.9. The van der Waals surface area contributed by atoms with Gasteiger partial charge < -0.3 is 9.88 Å². The minimum Gasteiger partial charge on any atom is -0.345 e. The maximum atomic E-state index is 13.2. The number of rotatable bonds is 6. The lowest BCUT2D eigenvalue weighted by molar-refractivity contribution is 0.0940. The quantitative estimate of drug-likeness (QED) is 0.456. The minimum atomic E-state index is -0.272. The lowest BCUT2D eigenvalue weighted by Gasteiger charge is -2.16. The van der Waals surface area contributed by atoms with E-state index in [0.717, 1.165) is 28.3 Å². The Balaban J connectivity index is 1.61. The highest BCUT2D eigenvalue weighted by molar-refractivity contribution is 6.06. The Morgan fingerprint density at radius 3 is 2.47 bits per heavy atom. The molecule has 0 saturated heterocycles. The first-order valence-corrected chi connectivity index (χ1v) is 9.73. The van der Waals surface area contributed by atoms with E-state index >= 15 is 0 Å². The van der Waals surface area contributed by atoms with E-state index in [4.69, 9.17) is 0 Å². The Labute approximate surface area is 174 Å². The second-order valence-corrected chi connectivity index (χ2v) is 7.29. The summed E-state index contributed by atoms with van der Waals surface area (Å²) in [6.07, 6.45) is 2.73. The predicted molar refractivity (Wildman–Crippen MR) is 115 cm³/mol. The fourth-order valence-corrected chi connectivity index (χ4v) is 3.58. The van der Waals surface area contributed by atoms with Crippen molar-refractivity contribution in [1.82, 2.24) is 9.88 Å². The Bertz CT molecular complexity index is 1190. The van der Waals surface area contributed by atoms with Crippen LogP contribution in [0.2, 0.25) is 0 Å². The summed E-state index contributed by atoms with van der Waals surface area (Å²) in [7, 11) is 0. The zero-order valence-corrected chi connectivity index (χ0v) is 16.5. The van der Waals surface area contributed by atoms with Gasteiger partial charge in [-0.2, -0.15) is 0 Å². The summed E-state index contributed by atoms with van der Waals surface area (Å²) in [4.78, 5) is 23.9. The van der Waals surface area contributed by atoms with Crippen LogP contribution in [0.25, 0.3) is 10.9 Å². The van der Waals surface area contributed by atoms with E-state index in [2.05, 4.69) is 5.32 Å². The largest absolute Gasteiger partial charge is 0.345 e. The number of para-hydroxylation sites is 1. The Morgan fingerprint density at radius 1 is 1.03 bits per heavy atom. The van der Waals surface area contributed by atoms with Gasteiger partial charge in [0.25, 0.3) is 5.91 Å². The highest BCUT2D eigenvalue weighted by Crippen LogP contribution is 2.23. The molecule has 0 spiro atoms. The van der Waals surface area contributed by atoms with Gasteiger partial charge in [0.1, 0.15) is 12.1 Å². The number of fused-ring (bicyclic) bond motifs is 1. The van der Waals surface area contributed by atoms with Crippen molar-refractivity contribution in [2.45, 2.75) is 19.5 Å². The van der Waals surface area contributed by atoms with Crippen molar-refractivity contribution in [1.29, 1.82) is 0 Å². The van der Waals surface area contributed by atoms with Crippen LogP contribution in [0.3, 0.4) is 0 Å². The summed E-state index contributed by atoms with van der Waals surface area (Å²) in [5.41, 5.74) is 3.88. The number of aldehydes is 1. The fraction of sp³-hybridized carbons (Fsp3) is 0.120. The van der Waals surface area contributed by atoms with E-state index < -0.39 is 0 Å². The van der Waals surface area contributed by atoms with Crippen LogP contribution in [0, 0.1) is 5.82 Å². The normalized spacial score (nSPS) is 11.9. The third-order valence-corrected chi connectivity index (χ3v) is 5.22. The molecular formula is C25H21FN2O2. The van der Waals surface area contributed by atoms with Gasteiger partial charge in [-0.25, -0.2) is 4.39 Å². The zero-order chi connectivity index (χ0) is 21.1. The van der Waals surface area contributed by atoms with Gasteiger partial charge in [0.15, 0.2) is 0 Å². The maximum Gasteiger partial charge on any atom is 0.253 e. The number of aromatic nitrogens is 1. The molecule has 0 aliphatic rings. The van der Waals surface area contributed by atoms with Crippen molar-refractivity contribution >= 4 is 23.1 Å². The van der Waals surface area contributed by atoms with Crippen LogP contribution in [0.5, 0.6) is 0 Å². The number of halogens is 1. The van der Waals surface area contributed by atoms with Crippen LogP contribution < -0.4 is 5.32 Å². The zero-order valence-electron chi connectivity index (χ0n) is 16.5. The monoisotopic (exact) mass is 400 g/mol. The molecule has 1 amide bonds.